The zero-order valence-corrected chi connectivity index (χ0v) is 12.6. The Kier molecular flexibility index (Phi) is 11.2. The van der Waals surface area contributed by atoms with Crippen LogP contribution in [0.1, 0.15) is 71.1 Å². The van der Waals surface area contributed by atoms with E-state index in [-0.39, 0.29) is 0 Å². The minimum Gasteiger partial charge on any atom is -0.512 e. The van der Waals surface area contributed by atoms with Crippen molar-refractivity contribution in [1.29, 1.82) is 5.26 Å². The van der Waals surface area contributed by atoms with Crippen molar-refractivity contribution in [1.82, 2.24) is 0 Å². The fourth-order valence-corrected chi connectivity index (χ4v) is 2.95. The first-order valence-electron chi connectivity index (χ1n) is 7.83. The fourth-order valence-electron chi connectivity index (χ4n) is 2.95. The Morgan fingerprint density at radius 1 is 0.833 bits per heavy atom. The highest BCUT2D eigenvalue weighted by molar-refractivity contribution is 4.53. The van der Waals surface area contributed by atoms with E-state index < -0.39 is 0 Å². The van der Waals surface area contributed by atoms with E-state index in [9.17, 15) is 0 Å². The van der Waals surface area contributed by atoms with Gasteiger partial charge in [-0.05, 0) is 12.8 Å². The molecule has 0 spiro atoms. The van der Waals surface area contributed by atoms with Crippen LogP contribution < -0.4 is 0 Å². The van der Waals surface area contributed by atoms with Gasteiger partial charge < -0.3 is 16.3 Å². The molecule has 0 bridgehead atoms. The molecule has 0 unspecified atom stereocenters. The first kappa shape index (κ1) is 17.4. The number of nitrogens with zero attached hydrogens (tertiary/aromatic N) is 2. The lowest BCUT2D eigenvalue weighted by Gasteiger charge is -2.29. The highest BCUT2D eigenvalue weighted by atomic mass is 15.3. The van der Waals surface area contributed by atoms with E-state index >= 15 is 0 Å². The summed E-state index contributed by atoms with van der Waals surface area (Å²) < 4.78 is 1.37. The van der Waals surface area contributed by atoms with Gasteiger partial charge in [0, 0.05) is 12.8 Å². The second kappa shape index (κ2) is 11.5. The van der Waals surface area contributed by atoms with Crippen molar-refractivity contribution in [2.24, 2.45) is 0 Å². The van der Waals surface area contributed by atoms with Crippen LogP contribution in [-0.2, 0) is 0 Å². The summed E-state index contributed by atoms with van der Waals surface area (Å²) in [6, 6.07) is 0. The molecule has 0 aromatic heterocycles. The number of hydrogen-bond donors (Lipinski definition) is 0. The lowest BCUT2D eigenvalue weighted by atomic mass is 10.1. The Morgan fingerprint density at radius 3 is 1.78 bits per heavy atom. The number of quaternary nitrogens is 1. The molecule has 0 aromatic rings. The van der Waals surface area contributed by atoms with E-state index in [2.05, 4.69) is 14.0 Å². The number of rotatable bonds is 9. The highest BCUT2D eigenvalue weighted by Gasteiger charge is 2.25. The molecule has 0 N–H and O–H groups in total. The van der Waals surface area contributed by atoms with E-state index in [0.29, 0.717) is 0 Å². The molecule has 1 aliphatic heterocycles. The zero-order chi connectivity index (χ0) is 13.7. The monoisotopic (exact) mass is 252 g/mol. The average Bonchev–Trinajstić information content (AvgIpc) is 2.82. The predicted molar refractivity (Wildman–Crippen MR) is 77.6 cm³/mol. The van der Waals surface area contributed by atoms with Crippen molar-refractivity contribution in [2.45, 2.75) is 71.1 Å². The Bertz CT molecular complexity index is 193. The molecule has 1 fully saturated rings. The van der Waals surface area contributed by atoms with Gasteiger partial charge in [0.2, 0.25) is 0 Å². The van der Waals surface area contributed by atoms with Gasteiger partial charge in [-0.15, -0.1) is 0 Å². The van der Waals surface area contributed by atoms with E-state index in [1.165, 1.54) is 88.3 Å². The molecule has 0 saturated carbocycles. The lowest BCUT2D eigenvalue weighted by Crippen LogP contribution is -2.41. The van der Waals surface area contributed by atoms with Gasteiger partial charge in [0.1, 0.15) is 0 Å². The van der Waals surface area contributed by atoms with Crippen molar-refractivity contribution < 1.29 is 4.48 Å². The van der Waals surface area contributed by atoms with Crippen LogP contribution in [0.3, 0.4) is 0 Å². The summed E-state index contributed by atoms with van der Waals surface area (Å²) in [4.78, 5) is 0. The maximum absolute atomic E-state index is 6.25. The summed E-state index contributed by atoms with van der Waals surface area (Å²) in [5.41, 5.74) is 0. The molecule has 1 aliphatic rings. The van der Waals surface area contributed by atoms with Gasteiger partial charge in [0.25, 0.3) is 0 Å². The molecular weight excluding hydrogens is 220 g/mol. The molecule has 1 saturated heterocycles. The molecule has 0 amide bonds. The van der Waals surface area contributed by atoms with Crippen molar-refractivity contribution in [3.63, 3.8) is 0 Å². The topological polar surface area (TPSA) is 23.8 Å². The summed E-state index contributed by atoms with van der Waals surface area (Å²) in [7, 11) is 2.45. The summed E-state index contributed by atoms with van der Waals surface area (Å²) in [6.45, 7) is 11.4. The Labute approximate surface area is 115 Å². The predicted octanol–water partition coefficient (Wildman–Crippen LogP) is 4.46. The number of likely N-dealkylation sites (tertiary alicyclic amines) is 1. The van der Waals surface area contributed by atoms with Crippen LogP contribution in [0.25, 0.3) is 0 Å². The maximum atomic E-state index is 6.25. The molecule has 1 rings (SSSR count). The fraction of sp³-hybridized carbons (Fsp3) is 0.938. The summed E-state index contributed by atoms with van der Waals surface area (Å²) in [5, 5.41) is 6.25. The zero-order valence-electron chi connectivity index (χ0n) is 12.6. The minimum atomic E-state index is 1.37. The van der Waals surface area contributed by atoms with Gasteiger partial charge >= 0.3 is 0 Å². The van der Waals surface area contributed by atoms with Gasteiger partial charge in [0.15, 0.2) is 0 Å². The van der Waals surface area contributed by atoms with Gasteiger partial charge in [-0.1, -0.05) is 45.4 Å². The molecular formula is C16H32N2. The SMILES string of the molecule is CCCCCCCCCC[N+]1(C)CCCC1.[C-]#N. The largest absolute Gasteiger partial charge is 0.512 e. The normalized spacial score (nSPS) is 17.1. The summed E-state index contributed by atoms with van der Waals surface area (Å²) >= 11 is 0. The quantitative estimate of drug-likeness (QED) is 0.337. The summed E-state index contributed by atoms with van der Waals surface area (Å²) in [5.74, 6) is 0. The molecule has 1 heterocycles. The van der Waals surface area contributed by atoms with Crippen molar-refractivity contribution in [2.75, 3.05) is 26.7 Å². The van der Waals surface area contributed by atoms with Gasteiger partial charge in [-0.3, -0.25) is 0 Å². The van der Waals surface area contributed by atoms with Crippen LogP contribution >= 0.6 is 0 Å². The Morgan fingerprint density at radius 2 is 1.28 bits per heavy atom. The van der Waals surface area contributed by atoms with Crippen LogP contribution in [0.15, 0.2) is 0 Å². The second-order valence-corrected chi connectivity index (χ2v) is 5.97. The minimum absolute atomic E-state index is 1.37. The van der Waals surface area contributed by atoms with Crippen LogP contribution in [0.5, 0.6) is 0 Å². The third-order valence-corrected chi connectivity index (χ3v) is 4.20. The smallest absolute Gasteiger partial charge is 0.0786 e. The second-order valence-electron chi connectivity index (χ2n) is 5.97. The van der Waals surface area contributed by atoms with E-state index in [4.69, 9.17) is 11.8 Å². The van der Waals surface area contributed by atoms with E-state index in [1.807, 2.05) is 0 Å². The molecule has 0 aliphatic carbocycles. The van der Waals surface area contributed by atoms with Crippen LogP contribution in [-0.4, -0.2) is 31.2 Å². The van der Waals surface area contributed by atoms with Gasteiger partial charge in [-0.2, -0.15) is 0 Å². The highest BCUT2D eigenvalue weighted by Crippen LogP contribution is 2.18. The van der Waals surface area contributed by atoms with Gasteiger partial charge in [-0.25, -0.2) is 0 Å². The third kappa shape index (κ3) is 8.53. The first-order valence-corrected chi connectivity index (χ1v) is 7.83. The van der Waals surface area contributed by atoms with Crippen LogP contribution in [0, 0.1) is 11.8 Å². The van der Waals surface area contributed by atoms with Crippen molar-refractivity contribution in [3.8, 4) is 0 Å². The van der Waals surface area contributed by atoms with Crippen molar-refractivity contribution in [3.05, 3.63) is 6.57 Å². The van der Waals surface area contributed by atoms with E-state index in [1.54, 1.807) is 0 Å². The molecule has 106 valence electrons. The van der Waals surface area contributed by atoms with E-state index in [0.717, 1.165) is 0 Å². The lowest BCUT2D eigenvalue weighted by molar-refractivity contribution is -0.897. The number of unbranched alkanes of at least 4 members (excludes halogenated alkanes) is 7. The maximum Gasteiger partial charge on any atom is 0.0786 e. The molecule has 2 heteroatoms. The Hall–Kier alpha value is -0.550. The molecule has 0 aromatic carbocycles. The third-order valence-electron chi connectivity index (χ3n) is 4.20. The molecule has 18 heavy (non-hydrogen) atoms. The average molecular weight is 252 g/mol. The standard InChI is InChI=1S/C15H32N.CN/c1-3-4-5-6-7-8-9-10-13-16(2)14-11-12-15-16;1-2/h3-15H2,1-2H3;/q+1;-1. The van der Waals surface area contributed by atoms with Crippen molar-refractivity contribution >= 4 is 0 Å². The molecule has 0 radical (unpaired) electrons. The van der Waals surface area contributed by atoms with Crippen LogP contribution in [0.2, 0.25) is 0 Å². The number of hydrogen-bond acceptors (Lipinski definition) is 1. The first-order chi connectivity index (χ1) is 8.77. The molecule has 0 atom stereocenters. The van der Waals surface area contributed by atoms with Gasteiger partial charge in [0.05, 0.1) is 26.7 Å². The Balaban J connectivity index is 0.00000137. The summed E-state index contributed by atoms with van der Waals surface area (Å²) in [6.07, 6.45) is 14.6. The van der Waals surface area contributed by atoms with Crippen LogP contribution in [0.4, 0.5) is 0 Å². The molecule has 2 nitrogen and oxygen atoms in total.